The van der Waals surface area contributed by atoms with E-state index in [9.17, 15) is 9.59 Å². The summed E-state index contributed by atoms with van der Waals surface area (Å²) in [4.78, 5) is 21.1. The van der Waals surface area contributed by atoms with Crippen LogP contribution >= 0.6 is 0 Å². The van der Waals surface area contributed by atoms with Crippen LogP contribution in [-0.4, -0.2) is 23.3 Å². The molecule has 0 spiro atoms. The van der Waals surface area contributed by atoms with Crippen LogP contribution < -0.4 is 0 Å². The molecule has 16 heavy (non-hydrogen) atoms. The average molecular weight is 226 g/mol. The largest absolute Gasteiger partial charge is 0.396 e. The number of carbonyl (C=O) groups excluding carboxylic acids is 2. The molecule has 0 amide bonds. The first kappa shape index (κ1) is 13.4. The van der Waals surface area contributed by atoms with Gasteiger partial charge in [-0.2, -0.15) is 0 Å². The van der Waals surface area contributed by atoms with Crippen LogP contribution in [0.5, 0.6) is 0 Å². The normalized spacial score (nSPS) is 29.1. The van der Waals surface area contributed by atoms with Crippen LogP contribution in [0.1, 0.15) is 51.9 Å². The summed E-state index contributed by atoms with van der Waals surface area (Å²) in [5, 5.41) is 8.53. The molecule has 2 aliphatic carbocycles. The molecule has 2 rings (SSSR count). The van der Waals surface area contributed by atoms with Crippen molar-refractivity contribution in [3.05, 3.63) is 0 Å². The van der Waals surface area contributed by atoms with Crippen molar-refractivity contribution in [2.45, 2.75) is 51.9 Å². The highest BCUT2D eigenvalue weighted by molar-refractivity contribution is 5.80. The highest BCUT2D eigenvalue weighted by atomic mass is 16.3. The van der Waals surface area contributed by atoms with Gasteiger partial charge in [-0.1, -0.05) is 13.3 Å². The van der Waals surface area contributed by atoms with E-state index in [0.717, 1.165) is 31.6 Å². The van der Waals surface area contributed by atoms with Gasteiger partial charge in [0.05, 0.1) is 0 Å². The Kier molecular flexibility index (Phi) is 5.67. The van der Waals surface area contributed by atoms with Gasteiger partial charge < -0.3 is 5.11 Å². The van der Waals surface area contributed by atoms with E-state index in [-0.39, 0.29) is 12.5 Å². The first-order chi connectivity index (χ1) is 7.65. The van der Waals surface area contributed by atoms with E-state index < -0.39 is 0 Å². The van der Waals surface area contributed by atoms with Crippen LogP contribution in [0.15, 0.2) is 0 Å². The highest BCUT2D eigenvalue weighted by Crippen LogP contribution is 2.23. The Hall–Kier alpha value is -0.700. The van der Waals surface area contributed by atoms with Crippen molar-refractivity contribution in [3.63, 3.8) is 0 Å². The molecule has 0 aromatic carbocycles. The molecular formula is C13H22O3. The van der Waals surface area contributed by atoms with E-state index in [4.69, 9.17) is 5.11 Å². The second-order valence-electron chi connectivity index (χ2n) is 4.89. The Morgan fingerprint density at radius 3 is 1.75 bits per heavy atom. The molecule has 3 heteroatoms. The average Bonchev–Trinajstić information content (AvgIpc) is 2.88. The summed E-state index contributed by atoms with van der Waals surface area (Å²) in [6.45, 7) is 2.34. The third kappa shape index (κ3) is 4.44. The van der Waals surface area contributed by atoms with E-state index in [1.807, 2.05) is 0 Å². The van der Waals surface area contributed by atoms with Crippen molar-refractivity contribution in [2.75, 3.05) is 6.61 Å². The Bertz CT molecular complexity index is 222. The van der Waals surface area contributed by atoms with Gasteiger partial charge in [-0.3, -0.25) is 9.59 Å². The quantitative estimate of drug-likeness (QED) is 0.784. The van der Waals surface area contributed by atoms with E-state index in [2.05, 4.69) is 6.92 Å². The molecule has 92 valence electrons. The van der Waals surface area contributed by atoms with Crippen molar-refractivity contribution in [1.29, 1.82) is 0 Å². The lowest BCUT2D eigenvalue weighted by Crippen LogP contribution is -1.99. The number of carbonyl (C=O) groups is 2. The minimum absolute atomic E-state index is 0.186. The van der Waals surface area contributed by atoms with Crippen LogP contribution in [0.25, 0.3) is 0 Å². The lowest BCUT2D eigenvalue weighted by molar-refractivity contribution is -0.118. The standard InChI is InChI=1S/C7H12O.C6H10O2/c1-2-6-3-4-7(8)5-6;7-4-5-1-2-6(8)3-5/h6H,2-5H2,1H3;5,7H,1-4H2/t6-;5-/m11/s1. The van der Waals surface area contributed by atoms with Crippen LogP contribution in [-0.2, 0) is 9.59 Å². The van der Waals surface area contributed by atoms with E-state index in [1.54, 1.807) is 0 Å². The summed E-state index contributed by atoms with van der Waals surface area (Å²) in [5.41, 5.74) is 0. The molecule has 1 N–H and O–H groups in total. The maximum Gasteiger partial charge on any atom is 0.133 e. The summed E-state index contributed by atoms with van der Waals surface area (Å²) in [6, 6.07) is 0. The Morgan fingerprint density at radius 1 is 1.06 bits per heavy atom. The van der Waals surface area contributed by atoms with E-state index in [0.29, 0.717) is 24.4 Å². The van der Waals surface area contributed by atoms with Crippen molar-refractivity contribution < 1.29 is 14.7 Å². The molecule has 2 fully saturated rings. The van der Waals surface area contributed by atoms with E-state index in [1.165, 1.54) is 6.42 Å². The molecule has 2 aliphatic rings. The van der Waals surface area contributed by atoms with Crippen molar-refractivity contribution >= 4 is 11.6 Å². The lowest BCUT2D eigenvalue weighted by Gasteiger charge is -1.98. The summed E-state index contributed by atoms with van der Waals surface area (Å²) in [5.74, 6) is 1.78. The Labute approximate surface area is 97.2 Å². The molecule has 0 bridgehead atoms. The van der Waals surface area contributed by atoms with Gasteiger partial charge in [0.1, 0.15) is 11.6 Å². The number of aliphatic hydroxyl groups is 1. The second kappa shape index (κ2) is 6.79. The minimum Gasteiger partial charge on any atom is -0.396 e. The summed E-state index contributed by atoms with van der Waals surface area (Å²) >= 11 is 0. The zero-order valence-electron chi connectivity index (χ0n) is 10.1. The third-order valence-corrected chi connectivity index (χ3v) is 3.53. The first-order valence-electron chi connectivity index (χ1n) is 6.30. The molecule has 0 radical (unpaired) electrons. The number of Topliss-reactive ketones (excluding diaryl/α,β-unsaturated/α-hetero) is 2. The summed E-state index contributed by atoms with van der Waals surface area (Å²) in [6.07, 6.45) is 6.23. The highest BCUT2D eigenvalue weighted by Gasteiger charge is 2.20. The van der Waals surface area contributed by atoms with Gasteiger partial charge in [0.25, 0.3) is 0 Å². The molecule has 0 unspecified atom stereocenters. The Balaban J connectivity index is 0.000000160. The molecule has 0 saturated heterocycles. The molecule has 2 atom stereocenters. The summed E-state index contributed by atoms with van der Waals surface area (Å²) < 4.78 is 0. The monoisotopic (exact) mass is 226 g/mol. The number of aliphatic hydroxyl groups excluding tert-OH is 1. The predicted molar refractivity (Wildman–Crippen MR) is 62.1 cm³/mol. The number of ketones is 2. The van der Waals surface area contributed by atoms with Crippen molar-refractivity contribution in [3.8, 4) is 0 Å². The molecule has 0 aromatic heterocycles. The maximum atomic E-state index is 10.6. The number of rotatable bonds is 2. The van der Waals surface area contributed by atoms with Crippen LogP contribution in [0.4, 0.5) is 0 Å². The van der Waals surface area contributed by atoms with Gasteiger partial charge in [0.2, 0.25) is 0 Å². The fourth-order valence-electron chi connectivity index (χ4n) is 2.29. The smallest absolute Gasteiger partial charge is 0.133 e. The van der Waals surface area contributed by atoms with Gasteiger partial charge in [-0.05, 0) is 24.7 Å². The molecule has 0 aliphatic heterocycles. The molecule has 0 heterocycles. The van der Waals surface area contributed by atoms with Crippen LogP contribution in [0, 0.1) is 11.8 Å². The molecular weight excluding hydrogens is 204 g/mol. The Morgan fingerprint density at radius 2 is 1.56 bits per heavy atom. The van der Waals surface area contributed by atoms with E-state index >= 15 is 0 Å². The zero-order chi connectivity index (χ0) is 12.0. The fourth-order valence-corrected chi connectivity index (χ4v) is 2.29. The minimum atomic E-state index is 0.186. The molecule has 0 aromatic rings. The first-order valence-corrected chi connectivity index (χ1v) is 6.30. The number of hydrogen-bond acceptors (Lipinski definition) is 3. The van der Waals surface area contributed by atoms with Crippen molar-refractivity contribution in [1.82, 2.24) is 0 Å². The van der Waals surface area contributed by atoms with Gasteiger partial charge in [0.15, 0.2) is 0 Å². The zero-order valence-corrected chi connectivity index (χ0v) is 10.1. The van der Waals surface area contributed by atoms with Crippen molar-refractivity contribution in [2.24, 2.45) is 11.8 Å². The molecule has 2 saturated carbocycles. The SMILES string of the molecule is CC[C@@H]1CCC(=O)C1.O=C1CC[C@@H](CO)C1. The predicted octanol–water partition coefficient (Wildman–Crippen LogP) is 2.11. The summed E-state index contributed by atoms with van der Waals surface area (Å²) in [7, 11) is 0. The maximum absolute atomic E-state index is 10.6. The topological polar surface area (TPSA) is 54.4 Å². The lowest BCUT2D eigenvalue weighted by atomic mass is 10.1. The van der Waals surface area contributed by atoms with Gasteiger partial charge in [-0.25, -0.2) is 0 Å². The van der Waals surface area contributed by atoms with Gasteiger partial charge >= 0.3 is 0 Å². The number of hydrogen-bond donors (Lipinski definition) is 1. The fraction of sp³-hybridized carbons (Fsp3) is 0.846. The molecule has 3 nitrogen and oxygen atoms in total. The van der Waals surface area contributed by atoms with Gasteiger partial charge in [-0.15, -0.1) is 0 Å². The van der Waals surface area contributed by atoms with Gasteiger partial charge in [0, 0.05) is 32.3 Å². The second-order valence-corrected chi connectivity index (χ2v) is 4.89. The van der Waals surface area contributed by atoms with Crippen LogP contribution in [0.3, 0.4) is 0 Å². The third-order valence-electron chi connectivity index (χ3n) is 3.53. The van der Waals surface area contributed by atoms with Crippen LogP contribution in [0.2, 0.25) is 0 Å².